The molecule has 0 saturated heterocycles. The van der Waals surface area contributed by atoms with Gasteiger partial charge in [-0.05, 0) is 94.1 Å². The monoisotopic (exact) mass is 984 g/mol. The van der Waals surface area contributed by atoms with Gasteiger partial charge in [0.25, 0.3) is 5.91 Å². The summed E-state index contributed by atoms with van der Waals surface area (Å²) in [5.41, 5.74) is -3.68. The Labute approximate surface area is 420 Å². The van der Waals surface area contributed by atoms with Gasteiger partial charge in [-0.25, -0.2) is 9.59 Å². The van der Waals surface area contributed by atoms with Gasteiger partial charge in [-0.15, -0.1) is 0 Å². The van der Waals surface area contributed by atoms with Crippen LogP contribution in [-0.4, -0.2) is 96.2 Å². The fourth-order valence-corrected chi connectivity index (χ4v) is 11.0. The van der Waals surface area contributed by atoms with Crippen LogP contribution in [-0.2, 0) is 52.5 Å². The van der Waals surface area contributed by atoms with Gasteiger partial charge >= 0.3 is 23.9 Å². The molecule has 4 aliphatic rings. The zero-order valence-electron chi connectivity index (χ0n) is 42.8. The van der Waals surface area contributed by atoms with Crippen molar-refractivity contribution in [2.45, 2.75) is 136 Å². The summed E-state index contributed by atoms with van der Waals surface area (Å²) in [5, 5.41) is 26.4. The van der Waals surface area contributed by atoms with Crippen LogP contribution in [0.5, 0.6) is 0 Å². The number of esters is 4. The smallest absolute Gasteiger partial charge is 0.331 e. The summed E-state index contributed by atoms with van der Waals surface area (Å²) in [5.74, 6) is -5.13. The molecule has 4 aliphatic carbocycles. The van der Waals surface area contributed by atoms with Crippen LogP contribution in [0.2, 0.25) is 0 Å². The first-order valence-corrected chi connectivity index (χ1v) is 25.1. The van der Waals surface area contributed by atoms with E-state index in [2.05, 4.69) is 79.4 Å². The highest BCUT2D eigenvalue weighted by atomic mass is 16.6. The molecule has 14 nitrogen and oxygen atoms in total. The highest BCUT2D eigenvalue weighted by Gasteiger charge is 2.68. The minimum absolute atomic E-state index is 0.0240. The summed E-state index contributed by atoms with van der Waals surface area (Å²) < 4.78 is 20.8. The number of nitrogens with one attached hydrogen (secondary N) is 1. The Morgan fingerprint density at radius 1 is 0.845 bits per heavy atom. The number of Topliss-reactive ketones (excluding diaryl/α,β-unsaturated/α-hetero) is 1. The predicted molar refractivity (Wildman–Crippen MR) is 270 cm³/mol. The van der Waals surface area contributed by atoms with E-state index in [9.17, 15) is 43.8 Å². The van der Waals surface area contributed by atoms with Crippen LogP contribution >= 0.6 is 0 Å². The van der Waals surface area contributed by atoms with Crippen LogP contribution in [0, 0.1) is 39.9 Å². The summed E-state index contributed by atoms with van der Waals surface area (Å²) in [6.07, 6.45) is 35.3. The van der Waals surface area contributed by atoms with E-state index < -0.39 is 76.2 Å². The van der Waals surface area contributed by atoms with Crippen molar-refractivity contribution in [1.29, 1.82) is 0 Å². The van der Waals surface area contributed by atoms with Crippen molar-refractivity contribution in [1.82, 2.24) is 5.32 Å². The van der Waals surface area contributed by atoms with Gasteiger partial charge in [-0.2, -0.15) is 0 Å². The van der Waals surface area contributed by atoms with E-state index in [0.29, 0.717) is 19.3 Å². The van der Waals surface area contributed by atoms with Gasteiger partial charge in [-0.3, -0.25) is 24.0 Å². The summed E-state index contributed by atoms with van der Waals surface area (Å²) in [4.78, 5) is 89.7. The number of hydrogen-bond donors (Lipinski definition) is 3. The van der Waals surface area contributed by atoms with Crippen LogP contribution in [0.3, 0.4) is 0 Å². The largest absolute Gasteiger partial charge is 0.466 e. The zero-order chi connectivity index (χ0) is 52.2. The fraction of sp³-hybridized carbons (Fsp3) is 0.561. The second-order valence-corrected chi connectivity index (χ2v) is 20.2. The number of methoxy groups -OCH3 is 1. The van der Waals surface area contributed by atoms with Crippen molar-refractivity contribution < 1.29 is 62.7 Å². The molecule has 0 aromatic heterocycles. The maximum Gasteiger partial charge on any atom is 0.331 e. The summed E-state index contributed by atoms with van der Waals surface area (Å²) in [7, 11) is 1.12. The average Bonchev–Trinajstić information content (AvgIpc) is 3.60. The molecule has 14 heteroatoms. The van der Waals surface area contributed by atoms with Crippen LogP contribution in [0.25, 0.3) is 0 Å². The van der Waals surface area contributed by atoms with Crippen LogP contribution < -0.4 is 5.32 Å². The molecule has 3 fully saturated rings. The number of amides is 1. The molecule has 0 heterocycles. The second kappa shape index (κ2) is 27.2. The lowest BCUT2D eigenvalue weighted by Crippen LogP contribution is -2.62. The molecule has 0 aromatic carbocycles. The number of rotatable bonds is 26. The third kappa shape index (κ3) is 15.6. The van der Waals surface area contributed by atoms with Crippen molar-refractivity contribution in [3.05, 3.63) is 109 Å². The molecule has 9 atom stereocenters. The molecule has 0 aromatic rings. The van der Waals surface area contributed by atoms with Crippen LogP contribution in [0.15, 0.2) is 109 Å². The minimum atomic E-state index is -1.86. The molecule has 1 amide bonds. The number of ketones is 2. The Morgan fingerprint density at radius 3 is 2.01 bits per heavy atom. The van der Waals surface area contributed by atoms with E-state index in [0.717, 1.165) is 56.9 Å². The predicted octanol–water partition coefficient (Wildman–Crippen LogP) is 8.16. The van der Waals surface area contributed by atoms with Crippen molar-refractivity contribution in [3.8, 4) is 0 Å². The topological polar surface area (TPSA) is 209 Å². The Hall–Kier alpha value is -5.73. The number of carbonyl (C=O) groups is 7. The molecule has 0 bridgehead atoms. The molecule has 4 rings (SSSR count). The molecule has 3 N–H and O–H groups in total. The zero-order valence-corrected chi connectivity index (χ0v) is 42.8. The van der Waals surface area contributed by atoms with Crippen LogP contribution in [0.4, 0.5) is 0 Å². The first-order chi connectivity index (χ1) is 33.7. The maximum atomic E-state index is 13.8. The highest BCUT2D eigenvalue weighted by molar-refractivity contribution is 6.01. The van der Waals surface area contributed by atoms with Gasteiger partial charge in [0.15, 0.2) is 18.5 Å². The highest BCUT2D eigenvalue weighted by Crippen LogP contribution is 2.67. The van der Waals surface area contributed by atoms with Crippen LogP contribution in [0.1, 0.15) is 119 Å². The Balaban J connectivity index is 1.24. The lowest BCUT2D eigenvalue weighted by atomic mass is 9.45. The lowest BCUT2D eigenvalue weighted by Gasteiger charge is -2.60. The molecule has 0 spiro atoms. The SMILES string of the molecule is CC/C=C\C/C=C\C/C=C\C/C=C\C/C=C\C/C=C\CC(=O)OCC(C)(C)[C@@H](OC(=O)/C=C/C(=O)OC)C(=O)NCCC(=O)OCC(=O)[C@@]1(O)CC[C@H]2[C@@H]3C[C@H](C)C4=CC(=O)C=C[C@]4(C)[C@H]3[C@@H](O)C[C@@]21C. The van der Waals surface area contributed by atoms with Gasteiger partial charge in [-0.1, -0.05) is 126 Å². The van der Waals surface area contributed by atoms with E-state index in [1.165, 1.54) is 0 Å². The molecule has 0 unspecified atom stereocenters. The van der Waals surface area contributed by atoms with Crippen molar-refractivity contribution in [2.75, 3.05) is 26.9 Å². The quantitative estimate of drug-likeness (QED) is 0.0324. The Morgan fingerprint density at radius 2 is 1.42 bits per heavy atom. The van der Waals surface area contributed by atoms with Crippen molar-refractivity contribution in [2.24, 2.45) is 39.9 Å². The molecule has 0 radical (unpaired) electrons. The summed E-state index contributed by atoms with van der Waals surface area (Å²) in [6, 6.07) is 0. The minimum Gasteiger partial charge on any atom is -0.466 e. The number of aliphatic hydroxyl groups is 2. The number of carbonyl (C=O) groups excluding carboxylic acids is 7. The van der Waals surface area contributed by atoms with E-state index in [1.807, 2.05) is 31.2 Å². The second-order valence-electron chi connectivity index (χ2n) is 20.2. The third-order valence-corrected chi connectivity index (χ3v) is 14.6. The number of hydrogen-bond acceptors (Lipinski definition) is 13. The summed E-state index contributed by atoms with van der Waals surface area (Å²) >= 11 is 0. The number of fused-ring (bicyclic) bond motifs is 5. The van der Waals surface area contributed by atoms with Crippen molar-refractivity contribution in [3.63, 3.8) is 0 Å². The molecular formula is C57H77NO13. The van der Waals surface area contributed by atoms with Crippen molar-refractivity contribution >= 4 is 41.4 Å². The van der Waals surface area contributed by atoms with Gasteiger partial charge in [0.05, 0.1) is 26.1 Å². The molecule has 71 heavy (non-hydrogen) atoms. The summed E-state index contributed by atoms with van der Waals surface area (Å²) in [6.45, 7) is 9.83. The third-order valence-electron chi connectivity index (χ3n) is 14.6. The first kappa shape index (κ1) is 57.8. The first-order valence-electron chi connectivity index (χ1n) is 25.1. The van der Waals surface area contributed by atoms with Gasteiger partial charge < -0.3 is 34.5 Å². The van der Waals surface area contributed by atoms with E-state index in [1.54, 1.807) is 32.1 Å². The maximum absolute atomic E-state index is 13.8. The average molecular weight is 984 g/mol. The molecule has 388 valence electrons. The van der Waals surface area contributed by atoms with Gasteiger partial charge in [0.1, 0.15) is 12.2 Å². The van der Waals surface area contributed by atoms with E-state index in [4.69, 9.17) is 14.2 Å². The lowest BCUT2D eigenvalue weighted by molar-refractivity contribution is -0.182. The number of ether oxygens (including phenoxy) is 4. The number of aliphatic hydroxyl groups excluding tert-OH is 1. The molecular weight excluding hydrogens is 907 g/mol. The normalized spacial score (nSPS) is 27.9. The molecule has 0 aliphatic heterocycles. The Kier molecular flexibility index (Phi) is 22.2. The Bertz CT molecular complexity index is 2190. The van der Waals surface area contributed by atoms with E-state index in [-0.39, 0.29) is 68.3 Å². The van der Waals surface area contributed by atoms with Gasteiger partial charge in [0.2, 0.25) is 5.78 Å². The van der Waals surface area contributed by atoms with Gasteiger partial charge in [0, 0.05) is 40.9 Å². The fourth-order valence-electron chi connectivity index (χ4n) is 11.0. The standard InChI is InChI=1S/C57H77NO13/c1-8-9-10-11-12-13-14-15-16-17-18-19-20-21-22-23-24-25-26-48(63)70-39-54(3,4)52(71-50(65)28-27-47(62)68-7)53(66)58-34-31-49(64)69-38-46(61)57(67)33-30-43-42-35-40(2)44-36-41(59)29-32-55(44,5)51(42)45(60)37-56(43,57)6/h9-10,12-13,15-16,18-19,21-22,24-25,27-29,32,36,40,42-43,45,51-52,60,67H,8,11,14,17,20,23,26,30-31,33-35,37-39H2,1-7H3,(H,58,66)/b10-9-,13-12-,16-15-,19-18-,22-21-,25-24-,28-27+/t40-,42-,43-,45-,51+,52-,55-,56-,57-/m0/s1. The molecule has 3 saturated carbocycles. The number of allylic oxidation sites excluding steroid dienone is 15. The van der Waals surface area contributed by atoms with E-state index >= 15 is 0 Å².